The number of nitrogens with two attached hydrogens (primary N) is 1. The van der Waals surface area contributed by atoms with Gasteiger partial charge >= 0.3 is 0 Å². The lowest BCUT2D eigenvalue weighted by atomic mass is 10.1. The number of nitrogen functional groups attached to an aromatic ring is 1. The molecule has 2 N–H and O–H groups in total. The highest BCUT2D eigenvalue weighted by molar-refractivity contribution is 6.30. The number of benzene rings is 1. The number of hydrogen-bond donors (Lipinski definition) is 1. The van der Waals surface area contributed by atoms with E-state index in [9.17, 15) is 4.39 Å². The van der Waals surface area contributed by atoms with Gasteiger partial charge in [0.15, 0.2) is 0 Å². The van der Waals surface area contributed by atoms with Gasteiger partial charge in [-0.3, -0.25) is 0 Å². The zero-order valence-corrected chi connectivity index (χ0v) is 11.4. The molecule has 1 saturated carbocycles. The average Bonchev–Trinajstić information content (AvgIpc) is 3.15. The van der Waals surface area contributed by atoms with Gasteiger partial charge in [0.25, 0.3) is 0 Å². The molecule has 5 heteroatoms. The number of anilines is 1. The quantitative estimate of drug-likeness (QED) is 0.928. The van der Waals surface area contributed by atoms with Gasteiger partial charge in [0.2, 0.25) is 0 Å². The van der Waals surface area contributed by atoms with Gasteiger partial charge < -0.3 is 10.3 Å². The molecule has 0 amide bonds. The molecule has 1 aliphatic rings. The monoisotopic (exact) mass is 279 g/mol. The first-order valence-electron chi connectivity index (χ1n) is 6.43. The van der Waals surface area contributed by atoms with Crippen molar-refractivity contribution in [2.75, 3.05) is 5.73 Å². The Balaban J connectivity index is 2.14. The lowest BCUT2D eigenvalue weighted by molar-refractivity contribution is 0.631. The molecule has 0 unspecified atom stereocenters. The van der Waals surface area contributed by atoms with Crippen molar-refractivity contribution in [1.82, 2.24) is 9.55 Å². The molecule has 19 heavy (non-hydrogen) atoms. The molecular weight excluding hydrogens is 265 g/mol. The van der Waals surface area contributed by atoms with Crippen molar-refractivity contribution in [3.05, 3.63) is 34.9 Å². The van der Waals surface area contributed by atoms with Crippen molar-refractivity contribution in [2.24, 2.45) is 0 Å². The van der Waals surface area contributed by atoms with Gasteiger partial charge in [0.1, 0.15) is 23.2 Å². The Bertz CT molecular complexity index is 632. The molecule has 1 fully saturated rings. The maximum absolute atomic E-state index is 14.0. The minimum atomic E-state index is -0.387. The van der Waals surface area contributed by atoms with E-state index in [4.69, 9.17) is 17.3 Å². The molecule has 0 atom stereocenters. The lowest BCUT2D eigenvalue weighted by Crippen LogP contribution is -2.04. The smallest absolute Gasteiger partial charge is 0.134 e. The predicted octanol–water partition coefficient (Wildman–Crippen LogP) is 3.82. The van der Waals surface area contributed by atoms with E-state index in [1.165, 1.54) is 6.07 Å². The lowest BCUT2D eigenvalue weighted by Gasteiger charge is -2.05. The predicted molar refractivity (Wildman–Crippen MR) is 74.7 cm³/mol. The fourth-order valence-corrected chi connectivity index (χ4v) is 2.51. The molecule has 1 aliphatic carbocycles. The summed E-state index contributed by atoms with van der Waals surface area (Å²) in [5.41, 5.74) is 7.06. The summed E-state index contributed by atoms with van der Waals surface area (Å²) < 4.78 is 16.0. The maximum atomic E-state index is 14.0. The van der Waals surface area contributed by atoms with Crippen LogP contribution in [0.15, 0.2) is 18.2 Å². The van der Waals surface area contributed by atoms with E-state index in [0.717, 1.165) is 25.2 Å². The van der Waals surface area contributed by atoms with Crippen LogP contribution in [0.5, 0.6) is 0 Å². The number of imidazole rings is 1. The Kier molecular flexibility index (Phi) is 2.97. The zero-order valence-electron chi connectivity index (χ0n) is 10.7. The Hall–Kier alpha value is -1.55. The van der Waals surface area contributed by atoms with Crippen molar-refractivity contribution in [3.8, 4) is 11.3 Å². The van der Waals surface area contributed by atoms with Gasteiger partial charge in [0, 0.05) is 23.0 Å². The van der Waals surface area contributed by atoms with Crippen LogP contribution in [0.4, 0.5) is 10.2 Å². The molecule has 1 heterocycles. The summed E-state index contributed by atoms with van der Waals surface area (Å²) in [5.74, 6) is 1.60. The fraction of sp³-hybridized carbons (Fsp3) is 0.357. The maximum Gasteiger partial charge on any atom is 0.134 e. The highest BCUT2D eigenvalue weighted by Crippen LogP contribution is 2.42. The largest absolute Gasteiger partial charge is 0.383 e. The molecule has 0 aliphatic heterocycles. The number of nitrogens with zero attached hydrogens (tertiary/aromatic N) is 2. The Morgan fingerprint density at radius 1 is 1.47 bits per heavy atom. The molecule has 0 bridgehead atoms. The average molecular weight is 280 g/mol. The van der Waals surface area contributed by atoms with Gasteiger partial charge in [-0.1, -0.05) is 11.6 Å². The van der Waals surface area contributed by atoms with Gasteiger partial charge in [-0.15, -0.1) is 0 Å². The standard InChI is InChI=1S/C14H15ClFN3/c1-2-19-13(17)12(18-14(19)8-3-4-8)10-6-5-9(15)7-11(10)16/h5-8H,2-4,17H2,1H3. The van der Waals surface area contributed by atoms with Crippen LogP contribution < -0.4 is 5.73 Å². The highest BCUT2D eigenvalue weighted by Gasteiger charge is 2.31. The van der Waals surface area contributed by atoms with Crippen molar-refractivity contribution < 1.29 is 4.39 Å². The molecule has 3 nitrogen and oxygen atoms in total. The van der Waals surface area contributed by atoms with Gasteiger partial charge in [-0.25, -0.2) is 9.37 Å². The molecule has 100 valence electrons. The number of halogens is 2. The van der Waals surface area contributed by atoms with Crippen LogP contribution in [0.3, 0.4) is 0 Å². The Morgan fingerprint density at radius 2 is 2.21 bits per heavy atom. The van der Waals surface area contributed by atoms with Crippen LogP contribution in [0, 0.1) is 5.82 Å². The number of aromatic nitrogens is 2. The Labute approximate surface area is 116 Å². The van der Waals surface area contributed by atoms with Crippen molar-refractivity contribution in [2.45, 2.75) is 32.2 Å². The summed E-state index contributed by atoms with van der Waals surface area (Å²) >= 11 is 5.77. The van der Waals surface area contributed by atoms with Crippen LogP contribution in [0.1, 0.15) is 31.5 Å². The van der Waals surface area contributed by atoms with Crippen molar-refractivity contribution in [3.63, 3.8) is 0 Å². The van der Waals surface area contributed by atoms with Crippen LogP contribution in [0.25, 0.3) is 11.3 Å². The first kappa shape index (κ1) is 12.5. The molecule has 0 radical (unpaired) electrons. The summed E-state index contributed by atoms with van der Waals surface area (Å²) in [5, 5.41) is 0.372. The van der Waals surface area contributed by atoms with Crippen LogP contribution in [-0.2, 0) is 6.54 Å². The second kappa shape index (κ2) is 4.53. The van der Waals surface area contributed by atoms with E-state index < -0.39 is 0 Å². The van der Waals surface area contributed by atoms with Crippen molar-refractivity contribution >= 4 is 17.4 Å². The minimum Gasteiger partial charge on any atom is -0.383 e. The third kappa shape index (κ3) is 2.10. The van der Waals surface area contributed by atoms with E-state index >= 15 is 0 Å². The fourth-order valence-electron chi connectivity index (χ4n) is 2.35. The second-order valence-electron chi connectivity index (χ2n) is 4.85. The van der Waals surface area contributed by atoms with E-state index in [2.05, 4.69) is 4.98 Å². The first-order valence-corrected chi connectivity index (χ1v) is 6.81. The highest BCUT2D eigenvalue weighted by atomic mass is 35.5. The summed E-state index contributed by atoms with van der Waals surface area (Å²) in [4.78, 5) is 4.56. The summed E-state index contributed by atoms with van der Waals surface area (Å²) in [6.07, 6.45) is 2.28. The molecule has 0 saturated heterocycles. The van der Waals surface area contributed by atoms with Crippen LogP contribution in [-0.4, -0.2) is 9.55 Å². The van der Waals surface area contributed by atoms with E-state index in [-0.39, 0.29) is 5.82 Å². The molecule has 1 aromatic carbocycles. The van der Waals surface area contributed by atoms with Crippen LogP contribution >= 0.6 is 11.6 Å². The molecular formula is C14H15ClFN3. The second-order valence-corrected chi connectivity index (χ2v) is 5.28. The molecule has 0 spiro atoms. The zero-order chi connectivity index (χ0) is 13.6. The minimum absolute atomic E-state index is 0.372. The topological polar surface area (TPSA) is 43.8 Å². The third-order valence-electron chi connectivity index (χ3n) is 3.48. The normalized spacial score (nSPS) is 14.9. The van der Waals surface area contributed by atoms with E-state index in [1.54, 1.807) is 12.1 Å². The molecule has 2 aromatic rings. The van der Waals surface area contributed by atoms with Gasteiger partial charge in [-0.2, -0.15) is 0 Å². The van der Waals surface area contributed by atoms with E-state index in [1.807, 2.05) is 11.5 Å². The number of rotatable bonds is 3. The summed E-state index contributed by atoms with van der Waals surface area (Å²) in [6, 6.07) is 4.58. The first-order chi connectivity index (χ1) is 9.11. The van der Waals surface area contributed by atoms with Crippen LogP contribution in [0.2, 0.25) is 5.02 Å². The third-order valence-corrected chi connectivity index (χ3v) is 3.72. The molecule has 1 aromatic heterocycles. The summed E-state index contributed by atoms with van der Waals surface area (Å²) in [7, 11) is 0. The van der Waals surface area contributed by atoms with E-state index in [0.29, 0.717) is 28.0 Å². The number of hydrogen-bond acceptors (Lipinski definition) is 2. The van der Waals surface area contributed by atoms with Crippen molar-refractivity contribution in [1.29, 1.82) is 0 Å². The SMILES string of the molecule is CCn1c(C2CC2)nc(-c2ccc(Cl)cc2F)c1N. The summed E-state index contributed by atoms with van der Waals surface area (Å²) in [6.45, 7) is 2.77. The van der Waals surface area contributed by atoms with Gasteiger partial charge in [-0.05, 0) is 38.0 Å². The molecule has 3 rings (SSSR count). The van der Waals surface area contributed by atoms with Gasteiger partial charge in [0.05, 0.1) is 0 Å². The Morgan fingerprint density at radius 3 is 2.79 bits per heavy atom.